The van der Waals surface area contributed by atoms with Crippen molar-refractivity contribution in [2.75, 3.05) is 10.6 Å². The molecule has 0 spiro atoms. The number of hydrogen-bond acceptors (Lipinski definition) is 3. The normalized spacial score (nSPS) is 11.4. The number of anilines is 2. The van der Waals surface area contributed by atoms with Crippen LogP contribution in [0.2, 0.25) is 0 Å². The fourth-order valence-electron chi connectivity index (χ4n) is 2.67. The van der Waals surface area contributed by atoms with E-state index < -0.39 is 17.6 Å². The van der Waals surface area contributed by atoms with E-state index in [1.165, 1.54) is 13.0 Å². The van der Waals surface area contributed by atoms with Crippen LogP contribution in [0, 0.1) is 6.92 Å². The molecule has 3 rings (SSSR count). The summed E-state index contributed by atoms with van der Waals surface area (Å²) in [5.41, 5.74) is 0.514. The quantitative estimate of drug-likeness (QED) is 0.729. The number of nitrogens with zero attached hydrogens (tertiary/aromatic N) is 2. The summed E-state index contributed by atoms with van der Waals surface area (Å²) in [6.07, 6.45) is -3.69. The van der Waals surface area contributed by atoms with E-state index in [0.717, 1.165) is 16.7 Å². The number of carbonyl (C=O) groups excluding carboxylic acids is 2. The molecule has 9 heteroatoms. The largest absolute Gasteiger partial charge is 0.417 e. The highest BCUT2D eigenvalue weighted by molar-refractivity contribution is 6.04. The lowest BCUT2D eigenvalue weighted by molar-refractivity contribution is -0.137. The maximum Gasteiger partial charge on any atom is 0.417 e. The Labute approximate surface area is 152 Å². The molecular formula is C18H15F3N4O2. The number of benzene rings is 1. The number of amides is 2. The number of nitrogens with one attached hydrogen (secondary N) is 2. The second-order valence-electron chi connectivity index (χ2n) is 5.91. The zero-order valence-electron chi connectivity index (χ0n) is 14.4. The van der Waals surface area contributed by atoms with Gasteiger partial charge in [0.25, 0.3) is 5.91 Å². The SMILES string of the molecule is CC(=O)Nc1cccc(NC(=O)c2c(C)nc3ccc(C(F)(F)F)cn23)c1. The van der Waals surface area contributed by atoms with E-state index in [1.54, 1.807) is 31.2 Å². The van der Waals surface area contributed by atoms with E-state index in [0.29, 0.717) is 17.1 Å². The van der Waals surface area contributed by atoms with Gasteiger partial charge in [0.1, 0.15) is 11.3 Å². The van der Waals surface area contributed by atoms with Crippen molar-refractivity contribution in [1.29, 1.82) is 0 Å². The van der Waals surface area contributed by atoms with Gasteiger partial charge >= 0.3 is 6.18 Å². The van der Waals surface area contributed by atoms with Crippen LogP contribution in [0.15, 0.2) is 42.6 Å². The number of aromatic nitrogens is 2. The lowest BCUT2D eigenvalue weighted by Gasteiger charge is -2.10. The Hall–Kier alpha value is -3.36. The summed E-state index contributed by atoms with van der Waals surface area (Å²) >= 11 is 0. The predicted molar refractivity (Wildman–Crippen MR) is 93.6 cm³/mol. The van der Waals surface area contributed by atoms with Crippen LogP contribution in [0.1, 0.15) is 28.7 Å². The maximum atomic E-state index is 13.0. The van der Waals surface area contributed by atoms with Gasteiger partial charge in [0, 0.05) is 24.5 Å². The molecule has 140 valence electrons. The van der Waals surface area contributed by atoms with Crippen molar-refractivity contribution in [2.45, 2.75) is 20.0 Å². The maximum absolute atomic E-state index is 13.0. The van der Waals surface area contributed by atoms with Crippen LogP contribution in [-0.2, 0) is 11.0 Å². The Balaban J connectivity index is 1.96. The number of alkyl halides is 3. The number of aryl methyl sites for hydroxylation is 1. The summed E-state index contributed by atoms with van der Waals surface area (Å²) in [6.45, 7) is 2.90. The van der Waals surface area contributed by atoms with E-state index in [1.807, 2.05) is 0 Å². The highest BCUT2D eigenvalue weighted by Crippen LogP contribution is 2.30. The first kappa shape index (κ1) is 18.4. The summed E-state index contributed by atoms with van der Waals surface area (Å²) < 4.78 is 40.1. The molecule has 0 radical (unpaired) electrons. The summed E-state index contributed by atoms with van der Waals surface area (Å²) in [5.74, 6) is -0.880. The second kappa shape index (κ2) is 6.75. The van der Waals surface area contributed by atoms with E-state index in [-0.39, 0.29) is 17.2 Å². The van der Waals surface area contributed by atoms with Crippen LogP contribution in [0.3, 0.4) is 0 Å². The van der Waals surface area contributed by atoms with Crippen LogP contribution < -0.4 is 10.6 Å². The Morgan fingerprint density at radius 1 is 1.07 bits per heavy atom. The van der Waals surface area contributed by atoms with Crippen molar-refractivity contribution in [1.82, 2.24) is 9.38 Å². The Bertz CT molecular complexity index is 1040. The van der Waals surface area contributed by atoms with E-state index >= 15 is 0 Å². The molecule has 6 nitrogen and oxygen atoms in total. The summed E-state index contributed by atoms with van der Waals surface area (Å²) in [7, 11) is 0. The first-order valence-electron chi connectivity index (χ1n) is 7.90. The molecule has 0 aliphatic rings. The highest BCUT2D eigenvalue weighted by atomic mass is 19.4. The van der Waals surface area contributed by atoms with Crippen molar-refractivity contribution in [3.8, 4) is 0 Å². The van der Waals surface area contributed by atoms with Gasteiger partial charge in [-0.3, -0.25) is 14.0 Å². The molecule has 1 aromatic carbocycles. The second-order valence-corrected chi connectivity index (χ2v) is 5.91. The van der Waals surface area contributed by atoms with E-state index in [2.05, 4.69) is 15.6 Å². The average molecular weight is 376 g/mol. The van der Waals surface area contributed by atoms with E-state index in [9.17, 15) is 22.8 Å². The van der Waals surface area contributed by atoms with E-state index in [4.69, 9.17) is 0 Å². The molecule has 0 fully saturated rings. The van der Waals surface area contributed by atoms with Gasteiger partial charge in [0.2, 0.25) is 5.91 Å². The van der Waals surface area contributed by atoms with Gasteiger partial charge < -0.3 is 10.6 Å². The standard InChI is InChI=1S/C18H15F3N4O2/c1-10-16(25-9-12(18(19,20)21)6-7-15(25)22-10)17(27)24-14-5-3-4-13(8-14)23-11(2)26/h3-9H,1-2H3,(H,23,26)(H,24,27). The summed E-state index contributed by atoms with van der Waals surface area (Å²) in [4.78, 5) is 27.9. The summed E-state index contributed by atoms with van der Waals surface area (Å²) in [5, 5.41) is 5.20. The molecule has 0 unspecified atom stereocenters. The lowest BCUT2D eigenvalue weighted by atomic mass is 10.2. The molecule has 0 aliphatic carbocycles. The molecule has 3 aromatic rings. The van der Waals surface area contributed by atoms with Crippen LogP contribution in [0.4, 0.5) is 24.5 Å². The van der Waals surface area contributed by atoms with Gasteiger partial charge in [-0.25, -0.2) is 4.98 Å². The number of rotatable bonds is 3. The molecule has 0 saturated carbocycles. The molecule has 27 heavy (non-hydrogen) atoms. The molecule has 2 aromatic heterocycles. The van der Waals surface area contributed by atoms with Crippen LogP contribution in [0.25, 0.3) is 5.65 Å². The Morgan fingerprint density at radius 2 is 1.74 bits per heavy atom. The van der Waals surface area contributed by atoms with Gasteiger partial charge in [-0.05, 0) is 37.3 Å². The molecule has 0 bridgehead atoms. The fourth-order valence-corrected chi connectivity index (χ4v) is 2.67. The van der Waals surface area contributed by atoms with Gasteiger partial charge in [-0.1, -0.05) is 6.07 Å². The van der Waals surface area contributed by atoms with Crippen LogP contribution in [-0.4, -0.2) is 21.2 Å². The number of fused-ring (bicyclic) bond motifs is 1. The monoisotopic (exact) mass is 376 g/mol. The van der Waals surface area contributed by atoms with Gasteiger partial charge in [-0.15, -0.1) is 0 Å². The average Bonchev–Trinajstić information content (AvgIpc) is 2.88. The number of pyridine rings is 1. The third kappa shape index (κ3) is 3.91. The van der Waals surface area contributed by atoms with Crippen LogP contribution >= 0.6 is 0 Å². The van der Waals surface area contributed by atoms with Crippen molar-refractivity contribution in [3.63, 3.8) is 0 Å². The third-order valence-corrected chi connectivity index (χ3v) is 3.78. The zero-order chi connectivity index (χ0) is 19.8. The number of carbonyl (C=O) groups is 2. The van der Waals surface area contributed by atoms with Crippen molar-refractivity contribution in [3.05, 3.63) is 59.5 Å². The van der Waals surface area contributed by atoms with Crippen molar-refractivity contribution < 1.29 is 22.8 Å². The van der Waals surface area contributed by atoms with Crippen LogP contribution in [0.5, 0.6) is 0 Å². The molecule has 2 N–H and O–H groups in total. The molecule has 0 saturated heterocycles. The summed E-state index contributed by atoms with van der Waals surface area (Å²) in [6, 6.07) is 8.54. The number of imidazole rings is 1. The number of hydrogen-bond donors (Lipinski definition) is 2. The molecule has 0 aliphatic heterocycles. The minimum Gasteiger partial charge on any atom is -0.326 e. The minimum absolute atomic E-state index is 0.000954. The first-order chi connectivity index (χ1) is 12.6. The Morgan fingerprint density at radius 3 is 2.37 bits per heavy atom. The lowest BCUT2D eigenvalue weighted by Crippen LogP contribution is -2.16. The predicted octanol–water partition coefficient (Wildman–Crippen LogP) is 3.87. The van der Waals surface area contributed by atoms with Gasteiger partial charge in [0.05, 0.1) is 11.3 Å². The molecule has 2 heterocycles. The van der Waals surface area contributed by atoms with Crippen molar-refractivity contribution in [2.24, 2.45) is 0 Å². The highest BCUT2D eigenvalue weighted by Gasteiger charge is 2.31. The van der Waals surface area contributed by atoms with Crippen molar-refractivity contribution >= 4 is 28.8 Å². The fraction of sp³-hybridized carbons (Fsp3) is 0.167. The first-order valence-corrected chi connectivity index (χ1v) is 7.90. The van der Waals surface area contributed by atoms with Gasteiger partial charge in [0.15, 0.2) is 0 Å². The molecule has 2 amide bonds. The Kier molecular flexibility index (Phi) is 4.61. The topological polar surface area (TPSA) is 75.5 Å². The molecular weight excluding hydrogens is 361 g/mol. The molecule has 0 atom stereocenters. The number of halogens is 3. The minimum atomic E-state index is -4.53. The van der Waals surface area contributed by atoms with Gasteiger partial charge in [-0.2, -0.15) is 13.2 Å². The zero-order valence-corrected chi connectivity index (χ0v) is 14.4. The third-order valence-electron chi connectivity index (χ3n) is 3.78. The smallest absolute Gasteiger partial charge is 0.326 e.